The van der Waals surface area contributed by atoms with Crippen molar-refractivity contribution in [1.29, 1.82) is 0 Å². The zero-order valence-electron chi connectivity index (χ0n) is 15.3. The molecule has 1 saturated heterocycles. The molecule has 0 bridgehead atoms. The van der Waals surface area contributed by atoms with Crippen molar-refractivity contribution in [2.75, 3.05) is 18.8 Å². The molecule has 1 fully saturated rings. The van der Waals surface area contributed by atoms with Crippen LogP contribution in [-0.2, 0) is 0 Å². The monoisotopic (exact) mass is 368 g/mol. The van der Waals surface area contributed by atoms with Gasteiger partial charge in [0.25, 0.3) is 5.91 Å². The number of pyridine rings is 1. The summed E-state index contributed by atoms with van der Waals surface area (Å²) in [7, 11) is 0. The molecular weight excluding hydrogens is 344 g/mol. The fraction of sp³-hybridized carbons (Fsp3) is 0.381. The van der Waals surface area contributed by atoms with Gasteiger partial charge in [-0.2, -0.15) is 0 Å². The van der Waals surface area contributed by atoms with Crippen LogP contribution in [0.15, 0.2) is 47.6 Å². The molecule has 3 rings (SSSR count). The van der Waals surface area contributed by atoms with E-state index in [2.05, 4.69) is 18.8 Å². The SMILES string of the molecule is CC(C)c1ccc(C(=O)CSc2ccc(C(=O)N3CCCC3)cn2)cc1. The van der Waals surface area contributed by atoms with Crippen molar-refractivity contribution in [2.24, 2.45) is 0 Å². The van der Waals surface area contributed by atoms with E-state index in [0.717, 1.165) is 36.5 Å². The molecule has 0 atom stereocenters. The molecule has 0 unspecified atom stereocenters. The quantitative estimate of drug-likeness (QED) is 0.559. The van der Waals surface area contributed by atoms with Gasteiger partial charge in [0, 0.05) is 24.8 Å². The molecule has 5 heteroatoms. The van der Waals surface area contributed by atoms with Crippen molar-refractivity contribution in [3.63, 3.8) is 0 Å². The summed E-state index contributed by atoms with van der Waals surface area (Å²) < 4.78 is 0. The van der Waals surface area contributed by atoms with Gasteiger partial charge in [-0.25, -0.2) is 4.98 Å². The lowest BCUT2D eigenvalue weighted by Gasteiger charge is -2.14. The number of hydrogen-bond donors (Lipinski definition) is 0. The number of nitrogens with zero attached hydrogens (tertiary/aromatic N) is 2. The van der Waals surface area contributed by atoms with E-state index < -0.39 is 0 Å². The highest BCUT2D eigenvalue weighted by molar-refractivity contribution is 7.99. The van der Waals surface area contributed by atoms with Gasteiger partial charge in [-0.1, -0.05) is 49.9 Å². The van der Waals surface area contributed by atoms with Gasteiger partial charge in [0.05, 0.1) is 16.3 Å². The zero-order chi connectivity index (χ0) is 18.5. The van der Waals surface area contributed by atoms with Crippen molar-refractivity contribution < 1.29 is 9.59 Å². The van der Waals surface area contributed by atoms with Crippen molar-refractivity contribution in [2.45, 2.75) is 37.6 Å². The first-order valence-electron chi connectivity index (χ1n) is 9.06. The minimum absolute atomic E-state index is 0.0490. The number of carbonyl (C=O) groups is 2. The Bertz CT molecular complexity index is 764. The highest BCUT2D eigenvalue weighted by atomic mass is 32.2. The maximum absolute atomic E-state index is 12.3. The number of likely N-dealkylation sites (tertiary alicyclic amines) is 1. The van der Waals surface area contributed by atoms with Gasteiger partial charge in [-0.15, -0.1) is 0 Å². The Morgan fingerprint density at radius 1 is 1.04 bits per heavy atom. The summed E-state index contributed by atoms with van der Waals surface area (Å²) >= 11 is 1.40. The van der Waals surface area contributed by atoms with Crippen LogP contribution in [0.1, 0.15) is 58.9 Å². The predicted octanol–water partition coefficient (Wildman–Crippen LogP) is 4.42. The summed E-state index contributed by atoms with van der Waals surface area (Å²) in [6.45, 7) is 5.94. The van der Waals surface area contributed by atoms with E-state index in [1.54, 1.807) is 12.3 Å². The van der Waals surface area contributed by atoms with Crippen LogP contribution in [0.5, 0.6) is 0 Å². The third-order valence-corrected chi connectivity index (χ3v) is 5.57. The highest BCUT2D eigenvalue weighted by Gasteiger charge is 2.19. The molecule has 1 aromatic carbocycles. The summed E-state index contributed by atoms with van der Waals surface area (Å²) in [4.78, 5) is 30.9. The number of carbonyl (C=O) groups excluding carboxylic acids is 2. The van der Waals surface area contributed by atoms with E-state index in [1.807, 2.05) is 35.2 Å². The first kappa shape index (κ1) is 18.6. The van der Waals surface area contributed by atoms with E-state index in [-0.39, 0.29) is 11.7 Å². The molecule has 0 N–H and O–H groups in total. The molecule has 136 valence electrons. The minimum atomic E-state index is 0.0490. The molecule has 1 aliphatic rings. The molecule has 1 aliphatic heterocycles. The number of amides is 1. The number of rotatable bonds is 6. The summed E-state index contributed by atoms with van der Waals surface area (Å²) in [5.74, 6) is 0.935. The van der Waals surface area contributed by atoms with Crippen molar-refractivity contribution in [3.8, 4) is 0 Å². The smallest absolute Gasteiger partial charge is 0.255 e. The average molecular weight is 369 g/mol. The zero-order valence-corrected chi connectivity index (χ0v) is 16.1. The van der Waals surface area contributed by atoms with Crippen molar-refractivity contribution in [1.82, 2.24) is 9.88 Å². The van der Waals surface area contributed by atoms with E-state index in [9.17, 15) is 9.59 Å². The Kier molecular flexibility index (Phi) is 6.09. The standard InChI is InChI=1S/C21H24N2O2S/c1-15(2)16-5-7-17(8-6-16)19(24)14-26-20-10-9-18(13-22-20)21(25)23-11-3-4-12-23/h5-10,13,15H,3-4,11-12,14H2,1-2H3. The molecule has 2 heterocycles. The lowest BCUT2D eigenvalue weighted by Crippen LogP contribution is -2.27. The molecule has 0 aliphatic carbocycles. The van der Waals surface area contributed by atoms with Crippen LogP contribution in [-0.4, -0.2) is 40.4 Å². The lowest BCUT2D eigenvalue weighted by molar-refractivity contribution is 0.0792. The van der Waals surface area contributed by atoms with Gasteiger partial charge in [0.1, 0.15) is 0 Å². The Morgan fingerprint density at radius 3 is 2.27 bits per heavy atom. The minimum Gasteiger partial charge on any atom is -0.339 e. The number of thioether (sulfide) groups is 1. The summed E-state index contributed by atoms with van der Waals surface area (Å²) in [6.07, 6.45) is 3.77. The fourth-order valence-electron chi connectivity index (χ4n) is 2.97. The molecule has 1 amide bonds. The molecular formula is C21H24N2O2S. The molecule has 2 aromatic rings. The third kappa shape index (κ3) is 4.52. The Morgan fingerprint density at radius 2 is 1.69 bits per heavy atom. The second kappa shape index (κ2) is 8.49. The molecule has 1 aromatic heterocycles. The van der Waals surface area contributed by atoms with Crippen molar-refractivity contribution >= 4 is 23.5 Å². The van der Waals surface area contributed by atoms with Gasteiger partial charge in [-0.05, 0) is 36.5 Å². The van der Waals surface area contributed by atoms with Crippen LogP contribution in [0.2, 0.25) is 0 Å². The Hall–Kier alpha value is -2.14. The first-order valence-corrected chi connectivity index (χ1v) is 10.0. The molecule has 0 saturated carbocycles. The molecule has 0 spiro atoms. The second-order valence-corrected chi connectivity index (χ2v) is 7.87. The van der Waals surface area contributed by atoms with Crippen LogP contribution in [0.25, 0.3) is 0 Å². The van der Waals surface area contributed by atoms with Gasteiger partial charge in [0.2, 0.25) is 0 Å². The van der Waals surface area contributed by atoms with Crippen LogP contribution >= 0.6 is 11.8 Å². The number of ketones is 1. The molecule has 26 heavy (non-hydrogen) atoms. The van der Waals surface area contributed by atoms with Gasteiger partial charge in [-0.3, -0.25) is 9.59 Å². The highest BCUT2D eigenvalue weighted by Crippen LogP contribution is 2.20. The first-order chi connectivity index (χ1) is 12.5. The van der Waals surface area contributed by atoms with Crippen LogP contribution in [0, 0.1) is 0 Å². The maximum Gasteiger partial charge on any atom is 0.255 e. The van der Waals surface area contributed by atoms with E-state index in [0.29, 0.717) is 17.2 Å². The Balaban J connectivity index is 1.55. The third-order valence-electron chi connectivity index (χ3n) is 4.63. The average Bonchev–Trinajstić information content (AvgIpc) is 3.21. The fourth-order valence-corrected chi connectivity index (χ4v) is 3.71. The Labute approximate surface area is 159 Å². The second-order valence-electron chi connectivity index (χ2n) is 6.87. The predicted molar refractivity (Wildman–Crippen MR) is 105 cm³/mol. The van der Waals surface area contributed by atoms with Crippen LogP contribution < -0.4 is 0 Å². The normalized spacial score (nSPS) is 14.0. The number of hydrogen-bond acceptors (Lipinski definition) is 4. The molecule has 0 radical (unpaired) electrons. The van der Waals surface area contributed by atoms with Gasteiger partial charge < -0.3 is 4.90 Å². The van der Waals surface area contributed by atoms with E-state index in [1.165, 1.54) is 17.3 Å². The topological polar surface area (TPSA) is 50.3 Å². The van der Waals surface area contributed by atoms with Crippen LogP contribution in [0.4, 0.5) is 0 Å². The van der Waals surface area contributed by atoms with E-state index >= 15 is 0 Å². The summed E-state index contributed by atoms with van der Waals surface area (Å²) in [5, 5.41) is 0.759. The summed E-state index contributed by atoms with van der Waals surface area (Å²) in [5.41, 5.74) is 2.57. The largest absolute Gasteiger partial charge is 0.339 e. The van der Waals surface area contributed by atoms with Gasteiger partial charge >= 0.3 is 0 Å². The van der Waals surface area contributed by atoms with Crippen molar-refractivity contribution in [3.05, 3.63) is 59.3 Å². The number of aromatic nitrogens is 1. The van der Waals surface area contributed by atoms with Gasteiger partial charge in [0.15, 0.2) is 5.78 Å². The lowest BCUT2D eigenvalue weighted by atomic mass is 10.0. The number of Topliss-reactive ketones (excluding diaryl/α,β-unsaturated/α-hetero) is 1. The summed E-state index contributed by atoms with van der Waals surface area (Å²) in [6, 6.07) is 11.4. The van der Waals surface area contributed by atoms with Crippen LogP contribution in [0.3, 0.4) is 0 Å². The molecule has 4 nitrogen and oxygen atoms in total. The number of benzene rings is 1. The van der Waals surface area contributed by atoms with E-state index in [4.69, 9.17) is 0 Å². The maximum atomic E-state index is 12.3.